The van der Waals surface area contributed by atoms with Gasteiger partial charge in [0.2, 0.25) is 0 Å². The minimum absolute atomic E-state index is 0.0458. The van der Waals surface area contributed by atoms with E-state index in [1.165, 1.54) is 24.3 Å². The zero-order chi connectivity index (χ0) is 19.4. The van der Waals surface area contributed by atoms with Crippen LogP contribution in [0.4, 0.5) is 5.69 Å². The summed E-state index contributed by atoms with van der Waals surface area (Å²) >= 11 is 0. The zero-order valence-corrected chi connectivity index (χ0v) is 14.5. The largest absolute Gasteiger partial charge is 0.308 e. The van der Waals surface area contributed by atoms with Crippen LogP contribution in [0, 0.1) is 10.1 Å². The molecule has 0 radical (unpaired) electrons. The Hall–Kier alpha value is -4.06. The van der Waals surface area contributed by atoms with Crippen LogP contribution in [0.15, 0.2) is 72.8 Å². The van der Waals surface area contributed by atoms with Gasteiger partial charge in [0, 0.05) is 28.5 Å². The third-order valence-electron chi connectivity index (χ3n) is 5.03. The highest BCUT2D eigenvalue weighted by Gasteiger charge is 2.26. The van der Waals surface area contributed by atoms with Crippen molar-refractivity contribution in [1.82, 2.24) is 4.57 Å². The summed E-state index contributed by atoms with van der Waals surface area (Å²) < 4.78 is 1.82. The van der Waals surface area contributed by atoms with Gasteiger partial charge in [-0.15, -0.1) is 0 Å². The summed E-state index contributed by atoms with van der Waals surface area (Å²) in [6.45, 7) is 0. The van der Waals surface area contributed by atoms with Crippen molar-refractivity contribution in [3.05, 3.63) is 94.1 Å². The van der Waals surface area contributed by atoms with Gasteiger partial charge in [0.15, 0.2) is 11.6 Å². The molecule has 0 fully saturated rings. The van der Waals surface area contributed by atoms with Gasteiger partial charge in [-0.25, -0.2) is 0 Å². The van der Waals surface area contributed by atoms with Gasteiger partial charge in [0.25, 0.3) is 5.69 Å². The Morgan fingerprint density at radius 1 is 0.821 bits per heavy atom. The number of aromatic nitrogens is 1. The lowest BCUT2D eigenvalue weighted by atomic mass is 9.92. The SMILES string of the molecule is O=C1C=CC(=O)c2c1ccc1c3ccccc3n(-c3cccc([N+](=O)[O-])c3)c21. The second-order valence-electron chi connectivity index (χ2n) is 6.58. The highest BCUT2D eigenvalue weighted by Crippen LogP contribution is 2.37. The fourth-order valence-electron chi connectivity index (χ4n) is 3.85. The maximum Gasteiger partial charge on any atom is 0.271 e. The first-order chi connectivity index (χ1) is 13.6. The van der Waals surface area contributed by atoms with E-state index in [1.54, 1.807) is 18.2 Å². The maximum atomic E-state index is 12.7. The van der Waals surface area contributed by atoms with Crippen molar-refractivity contribution in [3.8, 4) is 5.69 Å². The van der Waals surface area contributed by atoms with E-state index in [4.69, 9.17) is 0 Å². The lowest BCUT2D eigenvalue weighted by Crippen LogP contribution is -2.13. The number of nitro benzene ring substituents is 1. The van der Waals surface area contributed by atoms with Crippen LogP contribution in [0.2, 0.25) is 0 Å². The molecule has 0 saturated heterocycles. The van der Waals surface area contributed by atoms with Crippen molar-refractivity contribution in [3.63, 3.8) is 0 Å². The number of rotatable bonds is 2. The van der Waals surface area contributed by atoms with E-state index in [1.807, 2.05) is 34.9 Å². The van der Waals surface area contributed by atoms with Crippen molar-refractivity contribution in [2.45, 2.75) is 0 Å². The molecule has 0 bridgehead atoms. The molecule has 0 unspecified atom stereocenters. The van der Waals surface area contributed by atoms with Crippen molar-refractivity contribution in [2.24, 2.45) is 0 Å². The molecular formula is C22H12N2O4. The van der Waals surface area contributed by atoms with Crippen LogP contribution in [-0.4, -0.2) is 21.1 Å². The number of para-hydroxylation sites is 1. The molecule has 0 amide bonds. The van der Waals surface area contributed by atoms with Crippen LogP contribution >= 0.6 is 0 Å². The van der Waals surface area contributed by atoms with Gasteiger partial charge in [-0.2, -0.15) is 0 Å². The maximum absolute atomic E-state index is 12.7. The molecule has 6 nitrogen and oxygen atoms in total. The van der Waals surface area contributed by atoms with Crippen LogP contribution in [0.3, 0.4) is 0 Å². The zero-order valence-electron chi connectivity index (χ0n) is 14.5. The number of non-ortho nitro benzene ring substituents is 1. The first-order valence-electron chi connectivity index (χ1n) is 8.64. The highest BCUT2D eigenvalue weighted by molar-refractivity contribution is 6.28. The van der Waals surface area contributed by atoms with Crippen LogP contribution < -0.4 is 0 Å². The molecule has 1 aromatic heterocycles. The molecule has 0 aliphatic heterocycles. The summed E-state index contributed by atoms with van der Waals surface area (Å²) in [7, 11) is 0. The van der Waals surface area contributed by atoms with E-state index in [2.05, 4.69) is 0 Å². The Balaban J connectivity index is 1.99. The lowest BCUT2D eigenvalue weighted by Gasteiger charge is -2.14. The standard InChI is InChI=1S/C22H12N2O4/c25-19-10-11-20(26)21-17(19)9-8-16-15-6-1-2-7-18(15)23(22(16)21)13-4-3-5-14(12-13)24(27)28/h1-12H. The average molecular weight is 368 g/mol. The molecule has 6 heteroatoms. The molecule has 28 heavy (non-hydrogen) atoms. The third-order valence-corrected chi connectivity index (χ3v) is 5.03. The molecule has 3 aromatic carbocycles. The molecule has 1 aliphatic rings. The normalized spacial score (nSPS) is 13.3. The summed E-state index contributed by atoms with van der Waals surface area (Å²) in [4.78, 5) is 35.9. The van der Waals surface area contributed by atoms with Crippen LogP contribution in [0.5, 0.6) is 0 Å². The third kappa shape index (κ3) is 2.15. The number of fused-ring (bicyclic) bond motifs is 5. The molecule has 0 N–H and O–H groups in total. The topological polar surface area (TPSA) is 82.2 Å². The molecule has 4 aromatic rings. The quantitative estimate of drug-likeness (QED) is 0.382. The molecule has 0 spiro atoms. The second-order valence-corrected chi connectivity index (χ2v) is 6.58. The number of allylic oxidation sites excluding steroid dienone is 2. The summed E-state index contributed by atoms with van der Waals surface area (Å²) in [5.74, 6) is -0.484. The van der Waals surface area contributed by atoms with E-state index in [0.29, 0.717) is 22.3 Å². The van der Waals surface area contributed by atoms with Gasteiger partial charge in [-0.1, -0.05) is 30.3 Å². The van der Waals surface area contributed by atoms with Crippen molar-refractivity contribution in [1.29, 1.82) is 0 Å². The number of hydrogen-bond acceptors (Lipinski definition) is 4. The summed E-state index contributed by atoms with van der Waals surface area (Å²) in [6.07, 6.45) is 2.55. The predicted octanol–water partition coefficient (Wildman–Crippen LogP) is 4.63. The van der Waals surface area contributed by atoms with Gasteiger partial charge in [-0.05, 0) is 30.4 Å². The van der Waals surface area contributed by atoms with Gasteiger partial charge >= 0.3 is 0 Å². The molecular weight excluding hydrogens is 356 g/mol. The molecule has 1 aliphatic carbocycles. The number of nitro groups is 1. The summed E-state index contributed by atoms with van der Waals surface area (Å²) in [6, 6.07) is 17.3. The minimum atomic E-state index is -0.454. The Morgan fingerprint density at radius 2 is 1.61 bits per heavy atom. The van der Waals surface area contributed by atoms with E-state index >= 15 is 0 Å². The monoisotopic (exact) mass is 368 g/mol. The van der Waals surface area contributed by atoms with Crippen molar-refractivity contribution >= 4 is 39.1 Å². The first-order valence-corrected chi connectivity index (χ1v) is 8.64. The molecule has 0 atom stereocenters. The highest BCUT2D eigenvalue weighted by atomic mass is 16.6. The van der Waals surface area contributed by atoms with Crippen LogP contribution in [-0.2, 0) is 0 Å². The average Bonchev–Trinajstić information content (AvgIpc) is 3.05. The van der Waals surface area contributed by atoms with Crippen LogP contribution in [0.25, 0.3) is 27.5 Å². The smallest absolute Gasteiger partial charge is 0.271 e. The number of benzene rings is 3. The number of hydrogen-bond donors (Lipinski definition) is 0. The van der Waals surface area contributed by atoms with Crippen molar-refractivity contribution in [2.75, 3.05) is 0 Å². The van der Waals surface area contributed by atoms with Gasteiger partial charge in [0.1, 0.15) is 0 Å². The van der Waals surface area contributed by atoms with Crippen molar-refractivity contribution < 1.29 is 14.5 Å². The van der Waals surface area contributed by atoms with E-state index < -0.39 is 4.92 Å². The Morgan fingerprint density at radius 3 is 2.43 bits per heavy atom. The molecule has 134 valence electrons. The Kier molecular flexibility index (Phi) is 3.30. The van der Waals surface area contributed by atoms with E-state index in [-0.39, 0.29) is 17.3 Å². The fourth-order valence-corrected chi connectivity index (χ4v) is 3.85. The van der Waals surface area contributed by atoms with Gasteiger partial charge in [-0.3, -0.25) is 19.7 Å². The first kappa shape index (κ1) is 16.1. The summed E-state index contributed by atoms with van der Waals surface area (Å²) in [5.41, 5.74) is 2.57. The molecule has 5 rings (SSSR count). The second kappa shape index (κ2) is 5.72. The Bertz CT molecular complexity index is 1380. The minimum Gasteiger partial charge on any atom is -0.308 e. The number of ketones is 2. The van der Waals surface area contributed by atoms with E-state index in [9.17, 15) is 19.7 Å². The van der Waals surface area contributed by atoms with Crippen LogP contribution in [0.1, 0.15) is 20.7 Å². The Labute approximate surface area is 158 Å². The lowest BCUT2D eigenvalue weighted by molar-refractivity contribution is -0.384. The number of nitrogens with zero attached hydrogens (tertiary/aromatic N) is 2. The number of carbonyl (C=O) groups is 2. The van der Waals surface area contributed by atoms with E-state index in [0.717, 1.165) is 16.3 Å². The molecule has 0 saturated carbocycles. The van der Waals surface area contributed by atoms with Gasteiger partial charge < -0.3 is 4.57 Å². The molecule has 1 heterocycles. The fraction of sp³-hybridized carbons (Fsp3) is 0. The number of carbonyl (C=O) groups excluding carboxylic acids is 2. The van der Waals surface area contributed by atoms with Gasteiger partial charge in [0.05, 0.1) is 27.2 Å². The summed E-state index contributed by atoms with van der Waals surface area (Å²) in [5, 5.41) is 13.0. The predicted molar refractivity (Wildman–Crippen MR) is 105 cm³/mol.